The Kier molecular flexibility index (Phi) is 6.21. The molecule has 1 aromatic heterocycles. The van der Waals surface area contributed by atoms with Crippen molar-refractivity contribution in [3.63, 3.8) is 0 Å². The van der Waals surface area contributed by atoms with Crippen LogP contribution in [-0.2, 0) is 16.1 Å². The molecule has 0 unspecified atom stereocenters. The summed E-state index contributed by atoms with van der Waals surface area (Å²) in [6.45, 7) is 1.20. The summed E-state index contributed by atoms with van der Waals surface area (Å²) >= 11 is 6.43. The Morgan fingerprint density at radius 3 is 2.70 bits per heavy atom. The van der Waals surface area contributed by atoms with Gasteiger partial charge in [-0.25, -0.2) is 4.98 Å². The van der Waals surface area contributed by atoms with E-state index < -0.39 is 0 Å². The van der Waals surface area contributed by atoms with Gasteiger partial charge in [-0.2, -0.15) is 0 Å². The van der Waals surface area contributed by atoms with E-state index in [0.29, 0.717) is 41.1 Å². The molecule has 0 fully saturated rings. The van der Waals surface area contributed by atoms with Gasteiger partial charge < -0.3 is 23.8 Å². The minimum atomic E-state index is -0.169. The van der Waals surface area contributed by atoms with E-state index in [1.54, 1.807) is 30.2 Å². The van der Waals surface area contributed by atoms with Crippen molar-refractivity contribution in [3.05, 3.63) is 59.2 Å². The number of amides is 1. The second-order valence-electron chi connectivity index (χ2n) is 6.75. The molecule has 0 aliphatic carbocycles. The zero-order valence-corrected chi connectivity index (χ0v) is 17.2. The van der Waals surface area contributed by atoms with E-state index >= 15 is 0 Å². The summed E-state index contributed by atoms with van der Waals surface area (Å²) in [7, 11) is 1.59. The molecule has 0 N–H and O–H groups in total. The molecule has 1 aliphatic heterocycles. The third-order valence-electron chi connectivity index (χ3n) is 4.72. The number of ether oxygens (including phenoxy) is 4. The minimum Gasteiger partial charge on any atom is -0.484 e. The first-order chi connectivity index (χ1) is 14.6. The highest BCUT2D eigenvalue weighted by atomic mass is 35.5. The monoisotopic (exact) mass is 428 g/mol. The van der Waals surface area contributed by atoms with Crippen LogP contribution in [0.4, 0.5) is 0 Å². The standard InChI is InChI=1S/C22H21ClN2O5/c1-27-8-7-25(21(26)13-28-17-5-3-2-4-6-17)12-16-9-15-10-19-20(30-14-29-19)11-18(15)24-22(16)23/h2-6,9-11H,7-8,12-14H2,1H3. The maximum Gasteiger partial charge on any atom is 0.260 e. The van der Waals surface area contributed by atoms with Crippen molar-refractivity contribution >= 4 is 28.4 Å². The van der Waals surface area contributed by atoms with Crippen molar-refractivity contribution in [3.8, 4) is 17.2 Å². The van der Waals surface area contributed by atoms with Crippen LogP contribution in [0.5, 0.6) is 17.2 Å². The number of hydrogen-bond acceptors (Lipinski definition) is 6. The molecule has 156 valence electrons. The molecule has 4 rings (SSSR count). The lowest BCUT2D eigenvalue weighted by molar-refractivity contribution is -0.134. The Labute approximate surface area is 179 Å². The lowest BCUT2D eigenvalue weighted by Gasteiger charge is -2.23. The van der Waals surface area contributed by atoms with E-state index in [1.165, 1.54) is 0 Å². The molecular weight excluding hydrogens is 408 g/mol. The van der Waals surface area contributed by atoms with Crippen molar-refractivity contribution in [2.24, 2.45) is 0 Å². The van der Waals surface area contributed by atoms with Crippen LogP contribution in [0.2, 0.25) is 5.15 Å². The van der Waals surface area contributed by atoms with E-state index in [2.05, 4.69) is 4.98 Å². The minimum absolute atomic E-state index is 0.0783. The highest BCUT2D eigenvalue weighted by Crippen LogP contribution is 2.36. The van der Waals surface area contributed by atoms with Crippen LogP contribution in [0.15, 0.2) is 48.5 Å². The zero-order chi connectivity index (χ0) is 20.9. The quantitative estimate of drug-likeness (QED) is 0.510. The molecule has 8 heteroatoms. The number of rotatable bonds is 8. The average Bonchev–Trinajstić information content (AvgIpc) is 3.21. The highest BCUT2D eigenvalue weighted by Gasteiger charge is 2.19. The zero-order valence-electron chi connectivity index (χ0n) is 16.5. The summed E-state index contributed by atoms with van der Waals surface area (Å²) in [5.41, 5.74) is 1.43. The number of nitrogens with zero attached hydrogens (tertiary/aromatic N) is 2. The molecule has 0 spiro atoms. The van der Waals surface area contributed by atoms with Crippen molar-refractivity contribution in [2.75, 3.05) is 33.7 Å². The molecular formula is C22H21ClN2O5. The van der Waals surface area contributed by atoms with E-state index in [0.717, 1.165) is 10.9 Å². The maximum atomic E-state index is 12.8. The molecule has 0 bridgehead atoms. The predicted molar refractivity (Wildman–Crippen MR) is 112 cm³/mol. The van der Waals surface area contributed by atoms with Crippen LogP contribution in [0, 0.1) is 0 Å². The summed E-state index contributed by atoms with van der Waals surface area (Å²) in [5, 5.41) is 1.19. The number of methoxy groups -OCH3 is 1. The SMILES string of the molecule is COCCN(Cc1cc2cc3c(cc2nc1Cl)OCO3)C(=O)COc1ccccc1. The number of hydrogen-bond donors (Lipinski definition) is 0. The molecule has 3 aromatic rings. The van der Waals surface area contributed by atoms with Gasteiger partial charge in [0.25, 0.3) is 5.91 Å². The molecule has 1 aliphatic rings. The van der Waals surface area contributed by atoms with Gasteiger partial charge in [-0.1, -0.05) is 29.8 Å². The fourth-order valence-electron chi connectivity index (χ4n) is 3.15. The predicted octanol–water partition coefficient (Wildman–Crippen LogP) is 3.67. The van der Waals surface area contributed by atoms with Gasteiger partial charge in [0.1, 0.15) is 10.9 Å². The molecule has 30 heavy (non-hydrogen) atoms. The lowest BCUT2D eigenvalue weighted by atomic mass is 10.1. The third-order valence-corrected chi connectivity index (χ3v) is 5.05. The lowest BCUT2D eigenvalue weighted by Crippen LogP contribution is -2.37. The number of para-hydroxylation sites is 1. The topological polar surface area (TPSA) is 70.1 Å². The van der Waals surface area contributed by atoms with Crippen molar-refractivity contribution in [1.29, 1.82) is 0 Å². The van der Waals surface area contributed by atoms with Gasteiger partial charge in [0, 0.05) is 37.2 Å². The molecule has 2 aromatic carbocycles. The summed E-state index contributed by atoms with van der Waals surface area (Å²) in [6.07, 6.45) is 0. The molecule has 0 saturated heterocycles. The fraction of sp³-hybridized carbons (Fsp3) is 0.273. The van der Waals surface area contributed by atoms with Crippen LogP contribution in [-0.4, -0.2) is 49.5 Å². The number of halogens is 1. The van der Waals surface area contributed by atoms with Gasteiger partial charge in [-0.15, -0.1) is 0 Å². The number of carbonyl (C=O) groups excluding carboxylic acids is 1. The summed E-state index contributed by atoms with van der Waals surface area (Å²) in [5.74, 6) is 1.78. The molecule has 0 radical (unpaired) electrons. The van der Waals surface area contributed by atoms with Gasteiger partial charge in [-0.05, 0) is 24.3 Å². The first-order valence-electron chi connectivity index (χ1n) is 9.47. The number of pyridine rings is 1. The largest absolute Gasteiger partial charge is 0.484 e. The molecule has 2 heterocycles. The summed E-state index contributed by atoms with van der Waals surface area (Å²) in [6, 6.07) is 14.8. The Hall–Kier alpha value is -3.03. The number of carbonyl (C=O) groups is 1. The van der Waals surface area contributed by atoms with Gasteiger partial charge in [0.05, 0.1) is 12.1 Å². The molecule has 7 nitrogen and oxygen atoms in total. The van der Waals surface area contributed by atoms with E-state index in [-0.39, 0.29) is 25.9 Å². The Morgan fingerprint density at radius 1 is 1.17 bits per heavy atom. The molecule has 0 saturated carbocycles. The third kappa shape index (κ3) is 4.58. The molecule has 0 atom stereocenters. The van der Waals surface area contributed by atoms with Crippen molar-refractivity contribution in [1.82, 2.24) is 9.88 Å². The van der Waals surface area contributed by atoms with Gasteiger partial charge >= 0.3 is 0 Å². The highest BCUT2D eigenvalue weighted by molar-refractivity contribution is 6.30. The second kappa shape index (κ2) is 9.19. The van der Waals surface area contributed by atoms with Crippen LogP contribution >= 0.6 is 11.6 Å². The second-order valence-corrected chi connectivity index (χ2v) is 7.10. The van der Waals surface area contributed by atoms with E-state index in [9.17, 15) is 4.79 Å². The number of fused-ring (bicyclic) bond motifs is 2. The van der Waals surface area contributed by atoms with Crippen LogP contribution in [0.1, 0.15) is 5.56 Å². The Balaban J connectivity index is 1.53. The average molecular weight is 429 g/mol. The first-order valence-corrected chi connectivity index (χ1v) is 9.85. The Bertz CT molecular complexity index is 1040. The first kappa shape index (κ1) is 20.3. The van der Waals surface area contributed by atoms with Crippen LogP contribution in [0.25, 0.3) is 10.9 Å². The van der Waals surface area contributed by atoms with Crippen LogP contribution < -0.4 is 14.2 Å². The van der Waals surface area contributed by atoms with E-state index in [4.69, 9.17) is 30.5 Å². The smallest absolute Gasteiger partial charge is 0.260 e. The fourth-order valence-corrected chi connectivity index (χ4v) is 3.35. The van der Waals surface area contributed by atoms with Gasteiger partial charge in [0.2, 0.25) is 6.79 Å². The maximum absolute atomic E-state index is 12.8. The van der Waals surface area contributed by atoms with Crippen molar-refractivity contribution in [2.45, 2.75) is 6.54 Å². The summed E-state index contributed by atoms with van der Waals surface area (Å²) in [4.78, 5) is 18.9. The van der Waals surface area contributed by atoms with Gasteiger partial charge in [0.15, 0.2) is 18.1 Å². The Morgan fingerprint density at radius 2 is 1.93 bits per heavy atom. The summed E-state index contributed by atoms with van der Waals surface area (Å²) < 4.78 is 21.6. The number of benzene rings is 2. The normalized spacial score (nSPS) is 12.2. The number of aromatic nitrogens is 1. The van der Waals surface area contributed by atoms with Crippen LogP contribution in [0.3, 0.4) is 0 Å². The van der Waals surface area contributed by atoms with Gasteiger partial charge in [-0.3, -0.25) is 4.79 Å². The van der Waals surface area contributed by atoms with Crippen molar-refractivity contribution < 1.29 is 23.7 Å². The molecule has 1 amide bonds. The van der Waals surface area contributed by atoms with E-state index in [1.807, 2.05) is 30.3 Å².